The Morgan fingerprint density at radius 1 is 1.37 bits per heavy atom. The molecule has 2 aromatic rings. The van der Waals surface area contributed by atoms with Gasteiger partial charge in [0.1, 0.15) is 5.75 Å². The van der Waals surface area contributed by atoms with E-state index < -0.39 is 0 Å². The van der Waals surface area contributed by atoms with Gasteiger partial charge in [0, 0.05) is 29.0 Å². The van der Waals surface area contributed by atoms with Crippen molar-refractivity contribution in [2.75, 3.05) is 7.11 Å². The molecular formula is C15H19ClN2O. The van der Waals surface area contributed by atoms with E-state index >= 15 is 0 Å². The maximum absolute atomic E-state index is 6.03. The van der Waals surface area contributed by atoms with Crippen LogP contribution in [0.15, 0.2) is 36.7 Å². The summed E-state index contributed by atoms with van der Waals surface area (Å²) in [7, 11) is 1.67. The Kier molecular flexibility index (Phi) is 4.51. The third-order valence-electron chi connectivity index (χ3n) is 2.96. The van der Waals surface area contributed by atoms with Gasteiger partial charge in [0.25, 0.3) is 0 Å². The Hall–Kier alpha value is -1.45. The van der Waals surface area contributed by atoms with Crippen molar-refractivity contribution in [3.05, 3.63) is 52.8 Å². The summed E-state index contributed by atoms with van der Waals surface area (Å²) in [4.78, 5) is 0. The van der Waals surface area contributed by atoms with E-state index in [1.165, 1.54) is 5.56 Å². The molecule has 2 rings (SSSR count). The number of nitrogens with zero attached hydrogens (tertiary/aromatic N) is 1. The minimum Gasteiger partial charge on any atom is -0.496 e. The van der Waals surface area contributed by atoms with Gasteiger partial charge in [-0.15, -0.1) is 0 Å². The van der Waals surface area contributed by atoms with Crippen LogP contribution in [0.3, 0.4) is 0 Å². The molecule has 1 aromatic carbocycles. The second kappa shape index (κ2) is 6.13. The molecule has 0 saturated carbocycles. The topological polar surface area (TPSA) is 40.2 Å². The lowest BCUT2D eigenvalue weighted by Crippen LogP contribution is -2.17. The number of hydrogen-bond acceptors (Lipinski definition) is 2. The van der Waals surface area contributed by atoms with Crippen LogP contribution in [0, 0.1) is 0 Å². The first kappa shape index (κ1) is 14.0. The predicted octanol–water partition coefficient (Wildman–Crippen LogP) is 3.09. The van der Waals surface area contributed by atoms with Gasteiger partial charge >= 0.3 is 0 Å². The summed E-state index contributed by atoms with van der Waals surface area (Å²) in [5.41, 5.74) is 8.12. The van der Waals surface area contributed by atoms with Crippen molar-refractivity contribution in [3.8, 4) is 5.75 Å². The Bertz CT molecular complexity index is 549. The molecule has 0 aliphatic heterocycles. The van der Waals surface area contributed by atoms with E-state index in [2.05, 4.69) is 23.0 Å². The molecule has 0 radical (unpaired) electrons. The third-order valence-corrected chi connectivity index (χ3v) is 3.20. The quantitative estimate of drug-likeness (QED) is 0.913. The SMILES string of the molecule is COc1ccc(Cl)cc1Cn1ccc(CC(C)N)c1. The van der Waals surface area contributed by atoms with Crippen LogP contribution in [0.2, 0.25) is 5.02 Å². The summed E-state index contributed by atoms with van der Waals surface area (Å²) < 4.78 is 7.47. The molecule has 2 N–H and O–H groups in total. The van der Waals surface area contributed by atoms with Gasteiger partial charge < -0.3 is 15.0 Å². The molecular weight excluding hydrogens is 260 g/mol. The lowest BCUT2D eigenvalue weighted by atomic mass is 10.1. The highest BCUT2D eigenvalue weighted by Crippen LogP contribution is 2.23. The lowest BCUT2D eigenvalue weighted by molar-refractivity contribution is 0.408. The molecule has 1 atom stereocenters. The van der Waals surface area contributed by atoms with Crippen LogP contribution in [0.25, 0.3) is 0 Å². The third kappa shape index (κ3) is 3.75. The van der Waals surface area contributed by atoms with Gasteiger partial charge in [0.15, 0.2) is 0 Å². The molecule has 1 heterocycles. The zero-order valence-corrected chi connectivity index (χ0v) is 12.0. The number of nitrogens with two attached hydrogens (primary N) is 1. The monoisotopic (exact) mass is 278 g/mol. The fourth-order valence-electron chi connectivity index (χ4n) is 2.15. The molecule has 0 saturated heterocycles. The van der Waals surface area contributed by atoms with E-state index in [-0.39, 0.29) is 6.04 Å². The number of ether oxygens (including phenoxy) is 1. The molecule has 0 aliphatic rings. The van der Waals surface area contributed by atoms with Crippen LogP contribution in [0.4, 0.5) is 0 Å². The molecule has 3 nitrogen and oxygen atoms in total. The summed E-state index contributed by atoms with van der Waals surface area (Å²) in [5.74, 6) is 0.854. The second-order valence-electron chi connectivity index (χ2n) is 4.83. The van der Waals surface area contributed by atoms with Crippen LogP contribution in [-0.2, 0) is 13.0 Å². The fraction of sp³-hybridized carbons (Fsp3) is 0.333. The Morgan fingerprint density at radius 2 is 2.16 bits per heavy atom. The first-order chi connectivity index (χ1) is 9.08. The average molecular weight is 279 g/mol. The van der Waals surface area contributed by atoms with Crippen molar-refractivity contribution in [2.24, 2.45) is 5.73 Å². The minimum atomic E-state index is 0.177. The number of methoxy groups -OCH3 is 1. The fourth-order valence-corrected chi connectivity index (χ4v) is 2.34. The Balaban J connectivity index is 2.16. The summed E-state index contributed by atoms with van der Waals surface area (Å²) in [6.07, 6.45) is 5.06. The zero-order valence-electron chi connectivity index (χ0n) is 11.3. The molecule has 0 spiro atoms. The van der Waals surface area contributed by atoms with Crippen LogP contribution < -0.4 is 10.5 Å². The summed E-state index contributed by atoms with van der Waals surface area (Å²) in [5, 5.41) is 0.721. The summed E-state index contributed by atoms with van der Waals surface area (Å²) in [6.45, 7) is 2.75. The van der Waals surface area contributed by atoms with E-state index in [0.29, 0.717) is 0 Å². The molecule has 102 valence electrons. The highest BCUT2D eigenvalue weighted by molar-refractivity contribution is 6.30. The molecule has 4 heteroatoms. The largest absolute Gasteiger partial charge is 0.496 e. The number of hydrogen-bond donors (Lipinski definition) is 1. The maximum atomic E-state index is 6.03. The predicted molar refractivity (Wildman–Crippen MR) is 78.9 cm³/mol. The van der Waals surface area contributed by atoms with Gasteiger partial charge in [0.05, 0.1) is 13.7 Å². The van der Waals surface area contributed by atoms with Crippen molar-refractivity contribution in [1.29, 1.82) is 0 Å². The minimum absolute atomic E-state index is 0.177. The van der Waals surface area contributed by atoms with Crippen LogP contribution in [0.5, 0.6) is 5.75 Å². The van der Waals surface area contributed by atoms with Crippen molar-refractivity contribution >= 4 is 11.6 Å². The zero-order chi connectivity index (χ0) is 13.8. The van der Waals surface area contributed by atoms with Gasteiger partial charge in [0.2, 0.25) is 0 Å². The van der Waals surface area contributed by atoms with Crippen molar-refractivity contribution in [1.82, 2.24) is 4.57 Å². The maximum Gasteiger partial charge on any atom is 0.123 e. The first-order valence-electron chi connectivity index (χ1n) is 6.31. The molecule has 0 fully saturated rings. The van der Waals surface area contributed by atoms with Gasteiger partial charge in [-0.1, -0.05) is 11.6 Å². The van der Waals surface area contributed by atoms with Crippen molar-refractivity contribution < 1.29 is 4.74 Å². The van der Waals surface area contributed by atoms with Crippen LogP contribution in [0.1, 0.15) is 18.1 Å². The summed E-state index contributed by atoms with van der Waals surface area (Å²) in [6, 6.07) is 7.94. The molecule has 1 unspecified atom stereocenters. The molecule has 0 aliphatic carbocycles. The number of aromatic nitrogens is 1. The van der Waals surface area contributed by atoms with E-state index in [4.69, 9.17) is 22.1 Å². The van der Waals surface area contributed by atoms with E-state index in [1.807, 2.05) is 25.1 Å². The normalized spacial score (nSPS) is 12.4. The van der Waals surface area contributed by atoms with E-state index in [9.17, 15) is 0 Å². The van der Waals surface area contributed by atoms with Gasteiger partial charge in [-0.25, -0.2) is 0 Å². The number of rotatable bonds is 5. The highest BCUT2D eigenvalue weighted by atomic mass is 35.5. The molecule has 19 heavy (non-hydrogen) atoms. The second-order valence-corrected chi connectivity index (χ2v) is 5.27. The number of benzene rings is 1. The molecule has 0 bridgehead atoms. The molecule has 1 aromatic heterocycles. The van der Waals surface area contributed by atoms with Gasteiger partial charge in [-0.05, 0) is 43.2 Å². The van der Waals surface area contributed by atoms with Crippen LogP contribution >= 0.6 is 11.6 Å². The lowest BCUT2D eigenvalue weighted by Gasteiger charge is -2.10. The standard InChI is InChI=1S/C15H19ClN2O/c1-11(17)7-12-5-6-18(9-12)10-13-8-14(16)3-4-15(13)19-2/h3-6,8-9,11H,7,10,17H2,1-2H3. The smallest absolute Gasteiger partial charge is 0.123 e. The van der Waals surface area contributed by atoms with E-state index in [1.54, 1.807) is 7.11 Å². The van der Waals surface area contributed by atoms with Gasteiger partial charge in [-0.3, -0.25) is 0 Å². The van der Waals surface area contributed by atoms with Gasteiger partial charge in [-0.2, -0.15) is 0 Å². The summed E-state index contributed by atoms with van der Waals surface area (Å²) >= 11 is 6.03. The Labute approximate surface area is 118 Å². The van der Waals surface area contributed by atoms with Crippen molar-refractivity contribution in [2.45, 2.75) is 25.9 Å². The van der Waals surface area contributed by atoms with Crippen LogP contribution in [-0.4, -0.2) is 17.7 Å². The average Bonchev–Trinajstić information content (AvgIpc) is 2.76. The number of halogens is 1. The van der Waals surface area contributed by atoms with E-state index in [0.717, 1.165) is 29.3 Å². The Morgan fingerprint density at radius 3 is 2.84 bits per heavy atom. The highest BCUT2D eigenvalue weighted by Gasteiger charge is 2.06. The van der Waals surface area contributed by atoms with Crippen molar-refractivity contribution in [3.63, 3.8) is 0 Å². The molecule has 0 amide bonds. The first-order valence-corrected chi connectivity index (χ1v) is 6.69.